The molecule has 3 rings (SSSR count). The van der Waals surface area contributed by atoms with Crippen molar-refractivity contribution in [1.29, 1.82) is 0 Å². The van der Waals surface area contributed by atoms with E-state index < -0.39 is 15.8 Å². The molecule has 2 aliphatic heterocycles. The Hall–Kier alpha value is -0.830. The number of methoxy groups -OCH3 is 2. The first-order valence-electron chi connectivity index (χ1n) is 6.91. The van der Waals surface area contributed by atoms with Gasteiger partial charge in [0.25, 0.3) is 0 Å². The molecule has 1 aromatic rings. The van der Waals surface area contributed by atoms with Gasteiger partial charge in [0.15, 0.2) is 11.6 Å². The third-order valence-corrected chi connectivity index (χ3v) is 7.56. The number of hydrogen-bond acceptors (Lipinski definition) is 5. The third-order valence-electron chi connectivity index (χ3n) is 4.20. The van der Waals surface area contributed by atoms with E-state index >= 15 is 0 Å². The molecule has 0 radical (unpaired) electrons. The summed E-state index contributed by atoms with van der Waals surface area (Å²) in [4.78, 5) is -0.0352. The van der Waals surface area contributed by atoms with Crippen LogP contribution < -0.4 is 4.74 Å². The van der Waals surface area contributed by atoms with E-state index in [-0.39, 0.29) is 21.5 Å². The molecule has 1 atom stereocenters. The fourth-order valence-corrected chi connectivity index (χ4v) is 6.28. The number of benzene rings is 1. The van der Waals surface area contributed by atoms with Crippen LogP contribution >= 0.6 is 11.8 Å². The van der Waals surface area contributed by atoms with Crippen LogP contribution in [0.25, 0.3) is 0 Å². The van der Waals surface area contributed by atoms with Gasteiger partial charge in [-0.3, -0.25) is 0 Å². The highest BCUT2D eigenvalue weighted by Gasteiger charge is 2.53. The van der Waals surface area contributed by atoms with Crippen LogP contribution in [-0.2, 0) is 14.8 Å². The van der Waals surface area contributed by atoms with Gasteiger partial charge < -0.3 is 9.47 Å². The Morgan fingerprint density at radius 1 is 1.36 bits per heavy atom. The van der Waals surface area contributed by atoms with Crippen molar-refractivity contribution in [3.05, 3.63) is 24.0 Å². The molecule has 0 aromatic heterocycles. The van der Waals surface area contributed by atoms with Crippen LogP contribution in [0.2, 0.25) is 0 Å². The van der Waals surface area contributed by atoms with E-state index in [4.69, 9.17) is 9.47 Å². The number of thioether (sulfide) groups is 1. The average molecular weight is 347 g/mol. The molecule has 1 aromatic carbocycles. The van der Waals surface area contributed by atoms with Gasteiger partial charge in [0, 0.05) is 30.7 Å². The van der Waals surface area contributed by atoms with Gasteiger partial charge in [-0.05, 0) is 24.6 Å². The molecule has 1 spiro atoms. The number of nitrogens with zero attached hydrogens (tertiary/aromatic N) is 1. The SMILES string of the molecule is COc1ccc(S(=O)(=O)N2CC3(CC(OC)CS3)C2)cc1F. The van der Waals surface area contributed by atoms with Gasteiger partial charge in [0.2, 0.25) is 10.0 Å². The van der Waals surface area contributed by atoms with E-state index in [0.29, 0.717) is 13.1 Å². The molecule has 5 nitrogen and oxygen atoms in total. The zero-order valence-electron chi connectivity index (χ0n) is 12.4. The molecule has 2 saturated heterocycles. The van der Waals surface area contributed by atoms with E-state index in [1.807, 2.05) is 0 Å². The predicted molar refractivity (Wildman–Crippen MR) is 82.3 cm³/mol. The quantitative estimate of drug-likeness (QED) is 0.830. The monoisotopic (exact) mass is 347 g/mol. The molecule has 2 heterocycles. The first kappa shape index (κ1) is 16.0. The van der Waals surface area contributed by atoms with E-state index in [1.54, 1.807) is 18.9 Å². The van der Waals surface area contributed by atoms with Crippen LogP contribution in [0.5, 0.6) is 5.75 Å². The Kier molecular flexibility index (Phi) is 4.13. The normalized spacial score (nSPS) is 24.4. The predicted octanol–water partition coefficient (Wildman–Crippen LogP) is 1.73. The maximum Gasteiger partial charge on any atom is 0.243 e. The van der Waals surface area contributed by atoms with Gasteiger partial charge in [-0.1, -0.05) is 0 Å². The minimum absolute atomic E-state index is 0.0352. The van der Waals surface area contributed by atoms with Gasteiger partial charge in [0.05, 0.1) is 18.1 Å². The lowest BCUT2D eigenvalue weighted by Gasteiger charge is -2.46. The van der Waals surface area contributed by atoms with Gasteiger partial charge in [-0.25, -0.2) is 12.8 Å². The fourth-order valence-electron chi connectivity index (χ4n) is 2.90. The van der Waals surface area contributed by atoms with E-state index in [9.17, 15) is 12.8 Å². The molecule has 2 fully saturated rings. The van der Waals surface area contributed by atoms with Crippen molar-refractivity contribution in [3.8, 4) is 5.75 Å². The summed E-state index contributed by atoms with van der Waals surface area (Å²) >= 11 is 1.76. The molecule has 122 valence electrons. The zero-order chi connectivity index (χ0) is 16.0. The Balaban J connectivity index is 1.74. The molecule has 0 amide bonds. The van der Waals surface area contributed by atoms with Crippen LogP contribution in [0, 0.1) is 5.82 Å². The summed E-state index contributed by atoms with van der Waals surface area (Å²) in [6.07, 6.45) is 1.05. The van der Waals surface area contributed by atoms with Gasteiger partial charge in [-0.2, -0.15) is 4.31 Å². The molecule has 0 saturated carbocycles. The van der Waals surface area contributed by atoms with Crippen molar-refractivity contribution in [2.24, 2.45) is 0 Å². The molecular formula is C14H18FNO4S2. The first-order chi connectivity index (χ1) is 10.4. The summed E-state index contributed by atoms with van der Waals surface area (Å²) in [5, 5.41) is 0. The minimum Gasteiger partial charge on any atom is -0.494 e. The maximum absolute atomic E-state index is 13.7. The van der Waals surface area contributed by atoms with E-state index in [1.165, 1.54) is 23.5 Å². The Morgan fingerprint density at radius 3 is 2.64 bits per heavy atom. The molecular weight excluding hydrogens is 329 g/mol. The molecule has 0 bridgehead atoms. The summed E-state index contributed by atoms with van der Waals surface area (Å²) in [6, 6.07) is 3.73. The van der Waals surface area contributed by atoms with E-state index in [0.717, 1.165) is 18.2 Å². The standard InChI is InChI=1S/C14H18FNO4S2/c1-19-10-6-14(21-7-10)8-16(9-14)22(17,18)11-3-4-13(20-2)12(15)5-11/h3-5,10H,6-9H2,1-2H3. The van der Waals surface area contributed by atoms with Gasteiger partial charge in [-0.15, -0.1) is 11.8 Å². The van der Waals surface area contributed by atoms with Crippen molar-refractivity contribution in [3.63, 3.8) is 0 Å². The zero-order valence-corrected chi connectivity index (χ0v) is 14.0. The maximum atomic E-state index is 13.7. The topological polar surface area (TPSA) is 55.8 Å². The fraction of sp³-hybridized carbons (Fsp3) is 0.571. The number of sulfonamides is 1. The van der Waals surface area contributed by atoms with Crippen LogP contribution in [-0.4, -0.2) is 56.6 Å². The third kappa shape index (κ3) is 2.62. The summed E-state index contributed by atoms with van der Waals surface area (Å²) in [7, 11) is -0.633. The molecule has 0 N–H and O–H groups in total. The summed E-state index contributed by atoms with van der Waals surface area (Å²) in [5.74, 6) is 0.253. The number of hydrogen-bond donors (Lipinski definition) is 0. The number of halogens is 1. The lowest BCUT2D eigenvalue weighted by molar-refractivity contribution is 0.0931. The molecule has 8 heteroatoms. The highest BCUT2D eigenvalue weighted by molar-refractivity contribution is 8.01. The molecule has 22 heavy (non-hydrogen) atoms. The summed E-state index contributed by atoms with van der Waals surface area (Å²) in [6.45, 7) is 0.904. The highest BCUT2D eigenvalue weighted by Crippen LogP contribution is 2.47. The Labute approximate surface area is 133 Å². The van der Waals surface area contributed by atoms with Crippen LogP contribution in [0.4, 0.5) is 4.39 Å². The van der Waals surface area contributed by atoms with Crippen molar-refractivity contribution in [2.45, 2.75) is 22.2 Å². The van der Waals surface area contributed by atoms with Gasteiger partial charge >= 0.3 is 0 Å². The van der Waals surface area contributed by atoms with Gasteiger partial charge in [0.1, 0.15) is 0 Å². The second-order valence-electron chi connectivity index (χ2n) is 5.63. The Morgan fingerprint density at radius 2 is 2.09 bits per heavy atom. The largest absolute Gasteiger partial charge is 0.494 e. The minimum atomic E-state index is -3.65. The molecule has 0 aliphatic carbocycles. The smallest absolute Gasteiger partial charge is 0.243 e. The lowest BCUT2D eigenvalue weighted by atomic mass is 9.96. The summed E-state index contributed by atoms with van der Waals surface area (Å²) < 4.78 is 50.3. The second kappa shape index (κ2) is 5.67. The molecule has 2 aliphatic rings. The van der Waals surface area contributed by atoms with Crippen LogP contribution in [0.1, 0.15) is 6.42 Å². The first-order valence-corrected chi connectivity index (χ1v) is 9.33. The van der Waals surface area contributed by atoms with Crippen LogP contribution in [0.3, 0.4) is 0 Å². The Bertz CT molecular complexity index is 673. The van der Waals surface area contributed by atoms with E-state index in [2.05, 4.69) is 0 Å². The van der Waals surface area contributed by atoms with Crippen molar-refractivity contribution < 1.29 is 22.3 Å². The van der Waals surface area contributed by atoms with Crippen LogP contribution in [0.15, 0.2) is 23.1 Å². The summed E-state index contributed by atoms with van der Waals surface area (Å²) in [5.41, 5.74) is 0. The average Bonchev–Trinajstić information content (AvgIpc) is 2.90. The number of rotatable bonds is 4. The lowest BCUT2D eigenvalue weighted by Crippen LogP contribution is -2.60. The van der Waals surface area contributed by atoms with Crippen molar-refractivity contribution in [2.75, 3.05) is 33.1 Å². The number of ether oxygens (including phenoxy) is 2. The van der Waals surface area contributed by atoms with Crippen molar-refractivity contribution >= 4 is 21.8 Å². The molecule has 1 unspecified atom stereocenters. The van der Waals surface area contributed by atoms with Crippen molar-refractivity contribution in [1.82, 2.24) is 4.31 Å². The highest BCUT2D eigenvalue weighted by atomic mass is 32.2. The second-order valence-corrected chi connectivity index (χ2v) is 9.05.